The van der Waals surface area contributed by atoms with Crippen molar-refractivity contribution in [1.82, 2.24) is 10.2 Å². The van der Waals surface area contributed by atoms with Gasteiger partial charge in [-0.1, -0.05) is 65.0 Å². The highest BCUT2D eigenvalue weighted by Gasteiger charge is 2.33. The quantitative estimate of drug-likeness (QED) is 0.230. The van der Waals surface area contributed by atoms with Crippen LogP contribution in [0, 0.1) is 5.92 Å². The fourth-order valence-corrected chi connectivity index (χ4v) is 3.97. The Bertz CT molecular complexity index is 849. The molecule has 1 aliphatic heterocycles. The van der Waals surface area contributed by atoms with Gasteiger partial charge in [-0.25, -0.2) is 4.79 Å². The van der Waals surface area contributed by atoms with Gasteiger partial charge in [0.2, 0.25) is 5.91 Å². The van der Waals surface area contributed by atoms with Gasteiger partial charge in [0.15, 0.2) is 5.11 Å². The van der Waals surface area contributed by atoms with Gasteiger partial charge in [-0.3, -0.25) is 4.79 Å². The first-order valence-corrected chi connectivity index (χ1v) is 12.5. The smallest absolute Gasteiger partial charge is 0.338 e. The van der Waals surface area contributed by atoms with Crippen LogP contribution < -0.4 is 10.6 Å². The average molecular weight is 474 g/mol. The largest absolute Gasteiger partial charge is 0.462 e. The van der Waals surface area contributed by atoms with Crippen molar-refractivity contribution >= 4 is 34.9 Å². The number of amides is 1. The molecule has 1 amide bonds. The van der Waals surface area contributed by atoms with E-state index >= 15 is 0 Å². The molecule has 182 valence electrons. The molecule has 0 aromatic heterocycles. The van der Waals surface area contributed by atoms with Crippen molar-refractivity contribution < 1.29 is 14.3 Å². The van der Waals surface area contributed by atoms with Gasteiger partial charge >= 0.3 is 5.97 Å². The van der Waals surface area contributed by atoms with E-state index < -0.39 is 6.04 Å². The predicted octanol–water partition coefficient (Wildman–Crippen LogP) is 5.71. The van der Waals surface area contributed by atoms with E-state index in [-0.39, 0.29) is 17.8 Å². The topological polar surface area (TPSA) is 70.7 Å². The molecule has 7 heteroatoms. The SMILES string of the molecule is CCCCCCCCC(=O)Nc1ccc(C2NC(=S)N(C)C(C)=C2C(=O)OCC(C)C)cc1. The van der Waals surface area contributed by atoms with Crippen molar-refractivity contribution in [1.29, 1.82) is 0 Å². The molecule has 1 aromatic rings. The molecule has 0 fully saturated rings. The van der Waals surface area contributed by atoms with Crippen LogP contribution >= 0.6 is 12.2 Å². The van der Waals surface area contributed by atoms with Gasteiger partial charge in [0, 0.05) is 24.9 Å². The lowest BCUT2D eigenvalue weighted by Crippen LogP contribution is -2.46. The molecule has 0 bridgehead atoms. The van der Waals surface area contributed by atoms with E-state index in [2.05, 4.69) is 17.6 Å². The first kappa shape index (κ1) is 26.8. The normalized spacial score (nSPS) is 16.1. The van der Waals surface area contributed by atoms with E-state index in [0.717, 1.165) is 29.8 Å². The maximum Gasteiger partial charge on any atom is 0.338 e. The molecule has 6 nitrogen and oxygen atoms in total. The number of ether oxygens (including phenoxy) is 1. The molecular formula is C26H39N3O3S. The lowest BCUT2D eigenvalue weighted by atomic mass is 9.95. The highest BCUT2D eigenvalue weighted by molar-refractivity contribution is 7.80. The molecule has 1 aliphatic rings. The molecule has 0 saturated heterocycles. The van der Waals surface area contributed by atoms with Crippen LogP contribution in [0.25, 0.3) is 0 Å². The minimum absolute atomic E-state index is 0.0329. The Morgan fingerprint density at radius 2 is 1.76 bits per heavy atom. The van der Waals surface area contributed by atoms with Gasteiger partial charge in [0.1, 0.15) is 0 Å². The van der Waals surface area contributed by atoms with Crippen molar-refractivity contribution in [2.45, 2.75) is 78.7 Å². The number of nitrogens with zero attached hydrogens (tertiary/aromatic N) is 1. The third kappa shape index (κ3) is 8.14. The van der Waals surface area contributed by atoms with E-state index in [4.69, 9.17) is 17.0 Å². The predicted molar refractivity (Wildman–Crippen MR) is 138 cm³/mol. The number of rotatable bonds is 12. The van der Waals surface area contributed by atoms with Gasteiger partial charge in [0.05, 0.1) is 18.2 Å². The highest BCUT2D eigenvalue weighted by atomic mass is 32.1. The van der Waals surface area contributed by atoms with Gasteiger partial charge < -0.3 is 20.3 Å². The fraction of sp³-hybridized carbons (Fsp3) is 0.577. The monoisotopic (exact) mass is 473 g/mol. The van der Waals surface area contributed by atoms with E-state index in [0.29, 0.717) is 23.7 Å². The van der Waals surface area contributed by atoms with E-state index in [1.807, 2.05) is 52.1 Å². The van der Waals surface area contributed by atoms with Crippen molar-refractivity contribution in [3.05, 3.63) is 41.1 Å². The molecular weight excluding hydrogens is 434 g/mol. The van der Waals surface area contributed by atoms with Crippen LogP contribution in [0.4, 0.5) is 5.69 Å². The number of esters is 1. The molecule has 1 atom stereocenters. The molecule has 0 saturated carbocycles. The molecule has 0 aliphatic carbocycles. The third-order valence-electron chi connectivity index (χ3n) is 5.81. The summed E-state index contributed by atoms with van der Waals surface area (Å²) in [5.74, 6) is -0.0576. The number of carbonyl (C=O) groups excluding carboxylic acids is 2. The summed E-state index contributed by atoms with van der Waals surface area (Å²) >= 11 is 5.46. The summed E-state index contributed by atoms with van der Waals surface area (Å²) in [6.45, 7) is 8.45. The number of allylic oxidation sites excluding steroid dienone is 1. The number of benzene rings is 1. The Labute approximate surface area is 204 Å². The van der Waals surface area contributed by atoms with E-state index in [9.17, 15) is 9.59 Å². The third-order valence-corrected chi connectivity index (χ3v) is 6.20. The summed E-state index contributed by atoms with van der Waals surface area (Å²) in [6.07, 6.45) is 7.47. The van der Waals surface area contributed by atoms with Crippen LogP contribution in [0.1, 0.15) is 84.2 Å². The van der Waals surface area contributed by atoms with Crippen molar-refractivity contribution in [3.63, 3.8) is 0 Å². The van der Waals surface area contributed by atoms with Gasteiger partial charge in [0.25, 0.3) is 0 Å². The number of hydrogen-bond acceptors (Lipinski definition) is 4. The summed E-state index contributed by atoms with van der Waals surface area (Å²) in [6, 6.07) is 7.15. The lowest BCUT2D eigenvalue weighted by molar-refractivity contribution is -0.140. The second-order valence-electron chi connectivity index (χ2n) is 9.12. The molecule has 33 heavy (non-hydrogen) atoms. The minimum Gasteiger partial charge on any atom is -0.462 e. The number of unbranched alkanes of at least 4 members (excludes halogenated alkanes) is 5. The van der Waals surface area contributed by atoms with E-state index in [1.165, 1.54) is 25.7 Å². The number of hydrogen-bond donors (Lipinski definition) is 2. The van der Waals surface area contributed by atoms with Crippen molar-refractivity contribution in [3.8, 4) is 0 Å². The lowest BCUT2D eigenvalue weighted by Gasteiger charge is -2.35. The van der Waals surface area contributed by atoms with Crippen LogP contribution in [0.15, 0.2) is 35.5 Å². The maximum atomic E-state index is 12.9. The van der Waals surface area contributed by atoms with Crippen molar-refractivity contribution in [2.24, 2.45) is 5.92 Å². The van der Waals surface area contributed by atoms with Crippen LogP contribution in [0.5, 0.6) is 0 Å². The molecule has 2 rings (SSSR count). The first-order chi connectivity index (χ1) is 15.7. The van der Waals surface area contributed by atoms with Crippen molar-refractivity contribution in [2.75, 3.05) is 19.0 Å². The zero-order valence-electron chi connectivity index (χ0n) is 20.7. The summed E-state index contributed by atoms with van der Waals surface area (Å²) in [5.41, 5.74) is 2.95. The van der Waals surface area contributed by atoms with E-state index in [1.54, 1.807) is 4.90 Å². The van der Waals surface area contributed by atoms with Gasteiger partial charge in [-0.05, 0) is 49.2 Å². The Morgan fingerprint density at radius 3 is 2.39 bits per heavy atom. The number of carbonyl (C=O) groups is 2. The van der Waals surface area contributed by atoms with Crippen LogP contribution in [0.3, 0.4) is 0 Å². The maximum absolute atomic E-state index is 12.9. The Kier molecular flexibility index (Phi) is 10.8. The molecule has 0 spiro atoms. The highest BCUT2D eigenvalue weighted by Crippen LogP contribution is 2.31. The summed E-state index contributed by atoms with van der Waals surface area (Å²) in [5, 5.41) is 6.77. The standard InChI is InChI=1S/C26H39N3O3S/c1-6-7-8-9-10-11-12-22(30)27-21-15-13-20(14-16-21)24-23(25(31)32-17-18(2)3)19(4)29(5)26(33)28-24/h13-16,18,24H,6-12,17H2,1-5H3,(H,27,30)(H,28,33). The summed E-state index contributed by atoms with van der Waals surface area (Å²) < 4.78 is 5.53. The summed E-state index contributed by atoms with van der Waals surface area (Å²) in [4.78, 5) is 26.9. The number of nitrogens with one attached hydrogen (secondary N) is 2. The Balaban J connectivity index is 2.04. The molecule has 0 radical (unpaired) electrons. The first-order valence-electron chi connectivity index (χ1n) is 12.1. The number of anilines is 1. The minimum atomic E-state index is -0.402. The molecule has 2 N–H and O–H groups in total. The Hall–Kier alpha value is -2.41. The molecule has 1 aromatic carbocycles. The van der Waals surface area contributed by atoms with Gasteiger partial charge in [-0.2, -0.15) is 0 Å². The second kappa shape index (κ2) is 13.3. The van der Waals surface area contributed by atoms with Gasteiger partial charge in [-0.15, -0.1) is 0 Å². The van der Waals surface area contributed by atoms with Crippen LogP contribution in [0.2, 0.25) is 0 Å². The average Bonchev–Trinajstić information content (AvgIpc) is 2.78. The molecule has 1 unspecified atom stereocenters. The zero-order valence-corrected chi connectivity index (χ0v) is 21.5. The molecule has 1 heterocycles. The Morgan fingerprint density at radius 1 is 1.12 bits per heavy atom. The fourth-order valence-electron chi connectivity index (χ4n) is 3.72. The number of thiocarbonyl (C=S) groups is 1. The second-order valence-corrected chi connectivity index (χ2v) is 9.51. The van der Waals surface area contributed by atoms with Crippen LogP contribution in [-0.2, 0) is 14.3 Å². The van der Waals surface area contributed by atoms with Crippen LogP contribution in [-0.4, -0.2) is 35.5 Å². The zero-order chi connectivity index (χ0) is 24.4. The summed E-state index contributed by atoms with van der Waals surface area (Å²) in [7, 11) is 1.83.